The monoisotopic (exact) mass is 297 g/mol. The minimum atomic E-state index is 0.0288. The molecule has 3 nitrogen and oxygen atoms in total. The van der Waals surface area contributed by atoms with Gasteiger partial charge in [0.05, 0.1) is 13.0 Å². The molecule has 2 aromatic rings. The topological polar surface area (TPSA) is 38.3 Å². The Hall–Kier alpha value is -2.29. The van der Waals surface area contributed by atoms with E-state index in [0.29, 0.717) is 19.6 Å². The average molecular weight is 297 g/mol. The Kier molecular flexibility index (Phi) is 6.49. The summed E-state index contributed by atoms with van der Waals surface area (Å²) in [6.45, 7) is 3.19. The molecule has 0 bridgehead atoms. The van der Waals surface area contributed by atoms with Gasteiger partial charge in [0.1, 0.15) is 5.75 Å². The molecule has 2 aromatic carbocycles. The molecular formula is C19H23NO2. The fourth-order valence-electron chi connectivity index (χ4n) is 2.16. The minimum absolute atomic E-state index is 0.0288. The molecule has 0 saturated heterocycles. The second kappa shape index (κ2) is 8.88. The van der Waals surface area contributed by atoms with Crippen LogP contribution in [0.1, 0.15) is 24.5 Å². The lowest BCUT2D eigenvalue weighted by Crippen LogP contribution is -2.27. The highest BCUT2D eigenvalue weighted by atomic mass is 16.5. The predicted molar refractivity (Wildman–Crippen MR) is 89.1 cm³/mol. The van der Waals surface area contributed by atoms with Gasteiger partial charge < -0.3 is 10.1 Å². The van der Waals surface area contributed by atoms with Gasteiger partial charge >= 0.3 is 0 Å². The third-order valence-electron chi connectivity index (χ3n) is 3.51. The lowest BCUT2D eigenvalue weighted by molar-refractivity contribution is -0.121. The van der Waals surface area contributed by atoms with Gasteiger partial charge in [-0.25, -0.2) is 0 Å². The quantitative estimate of drug-likeness (QED) is 0.811. The number of hydrogen-bond acceptors (Lipinski definition) is 2. The molecule has 1 N–H and O–H groups in total. The maximum atomic E-state index is 11.7. The standard InChI is InChI=1S/C19H23NO2/c1-2-16-8-10-18(11-9-16)22-15-13-19(21)20-14-12-17-6-4-3-5-7-17/h3-11H,2,12-15H2,1H3,(H,20,21). The highest BCUT2D eigenvalue weighted by molar-refractivity contribution is 5.75. The average Bonchev–Trinajstić information content (AvgIpc) is 2.56. The molecule has 0 saturated carbocycles. The Bertz CT molecular complexity index is 564. The summed E-state index contributed by atoms with van der Waals surface area (Å²) in [6, 6.07) is 18.1. The van der Waals surface area contributed by atoms with Crippen molar-refractivity contribution in [2.75, 3.05) is 13.2 Å². The molecule has 22 heavy (non-hydrogen) atoms. The number of rotatable bonds is 8. The van der Waals surface area contributed by atoms with Crippen LogP contribution in [0.3, 0.4) is 0 Å². The third kappa shape index (κ3) is 5.60. The van der Waals surface area contributed by atoms with Crippen LogP contribution in [-0.4, -0.2) is 19.1 Å². The van der Waals surface area contributed by atoms with Crippen LogP contribution in [0.15, 0.2) is 54.6 Å². The molecule has 116 valence electrons. The highest BCUT2D eigenvalue weighted by Gasteiger charge is 2.02. The summed E-state index contributed by atoms with van der Waals surface area (Å²) in [7, 11) is 0. The van der Waals surface area contributed by atoms with Gasteiger partial charge in [0.2, 0.25) is 5.91 Å². The van der Waals surface area contributed by atoms with Gasteiger partial charge in [0.25, 0.3) is 0 Å². The smallest absolute Gasteiger partial charge is 0.223 e. The van der Waals surface area contributed by atoms with Gasteiger partial charge in [-0.1, -0.05) is 49.4 Å². The van der Waals surface area contributed by atoms with Crippen molar-refractivity contribution in [2.45, 2.75) is 26.2 Å². The fourth-order valence-corrected chi connectivity index (χ4v) is 2.16. The zero-order chi connectivity index (χ0) is 15.6. The fraction of sp³-hybridized carbons (Fsp3) is 0.316. The maximum Gasteiger partial charge on any atom is 0.223 e. The summed E-state index contributed by atoms with van der Waals surface area (Å²) >= 11 is 0. The zero-order valence-corrected chi connectivity index (χ0v) is 13.0. The van der Waals surface area contributed by atoms with Gasteiger partial charge in [-0.05, 0) is 36.1 Å². The Balaban J connectivity index is 1.61. The number of aryl methyl sites for hydroxylation is 1. The van der Waals surface area contributed by atoms with Gasteiger partial charge in [-0.2, -0.15) is 0 Å². The van der Waals surface area contributed by atoms with Crippen LogP contribution in [0.4, 0.5) is 0 Å². The first-order chi connectivity index (χ1) is 10.8. The van der Waals surface area contributed by atoms with E-state index >= 15 is 0 Å². The molecule has 0 atom stereocenters. The molecule has 0 radical (unpaired) electrons. The van der Waals surface area contributed by atoms with E-state index in [9.17, 15) is 4.79 Å². The minimum Gasteiger partial charge on any atom is -0.493 e. The van der Waals surface area contributed by atoms with Gasteiger partial charge in [-0.3, -0.25) is 4.79 Å². The van der Waals surface area contributed by atoms with E-state index in [0.717, 1.165) is 18.6 Å². The second-order valence-electron chi connectivity index (χ2n) is 5.18. The number of nitrogens with one attached hydrogen (secondary N) is 1. The van der Waals surface area contributed by atoms with Crippen molar-refractivity contribution in [1.82, 2.24) is 5.32 Å². The van der Waals surface area contributed by atoms with E-state index in [1.807, 2.05) is 30.3 Å². The molecule has 0 fully saturated rings. The Morgan fingerprint density at radius 3 is 2.41 bits per heavy atom. The van der Waals surface area contributed by atoms with E-state index in [4.69, 9.17) is 4.74 Å². The zero-order valence-electron chi connectivity index (χ0n) is 13.0. The van der Waals surface area contributed by atoms with Crippen molar-refractivity contribution < 1.29 is 9.53 Å². The molecule has 0 aliphatic rings. The summed E-state index contributed by atoms with van der Waals surface area (Å²) in [6.07, 6.45) is 2.25. The first-order valence-electron chi connectivity index (χ1n) is 7.80. The summed E-state index contributed by atoms with van der Waals surface area (Å²) in [5.74, 6) is 0.843. The number of ether oxygens (including phenoxy) is 1. The number of benzene rings is 2. The van der Waals surface area contributed by atoms with E-state index in [1.54, 1.807) is 0 Å². The van der Waals surface area contributed by atoms with Gasteiger partial charge in [0.15, 0.2) is 0 Å². The van der Waals surface area contributed by atoms with E-state index in [1.165, 1.54) is 11.1 Å². The molecule has 0 unspecified atom stereocenters. The summed E-state index contributed by atoms with van der Waals surface area (Å²) in [5, 5.41) is 2.92. The third-order valence-corrected chi connectivity index (χ3v) is 3.51. The van der Waals surface area contributed by atoms with Crippen molar-refractivity contribution in [2.24, 2.45) is 0 Å². The Morgan fingerprint density at radius 2 is 1.73 bits per heavy atom. The second-order valence-corrected chi connectivity index (χ2v) is 5.18. The lowest BCUT2D eigenvalue weighted by atomic mass is 10.1. The van der Waals surface area contributed by atoms with Crippen molar-refractivity contribution in [1.29, 1.82) is 0 Å². The van der Waals surface area contributed by atoms with Gasteiger partial charge in [0, 0.05) is 6.54 Å². The van der Waals surface area contributed by atoms with Gasteiger partial charge in [-0.15, -0.1) is 0 Å². The summed E-state index contributed by atoms with van der Waals surface area (Å²) in [4.78, 5) is 11.7. The number of amides is 1. The molecular weight excluding hydrogens is 274 g/mol. The SMILES string of the molecule is CCc1ccc(OCCC(=O)NCCc2ccccc2)cc1. The highest BCUT2D eigenvalue weighted by Crippen LogP contribution is 2.12. The molecule has 3 heteroatoms. The van der Waals surface area contributed by atoms with Crippen LogP contribution >= 0.6 is 0 Å². The van der Waals surface area contributed by atoms with Crippen molar-refractivity contribution in [3.8, 4) is 5.75 Å². The summed E-state index contributed by atoms with van der Waals surface area (Å²) in [5.41, 5.74) is 2.51. The Morgan fingerprint density at radius 1 is 1.00 bits per heavy atom. The molecule has 1 amide bonds. The van der Waals surface area contributed by atoms with Crippen molar-refractivity contribution >= 4 is 5.91 Å². The van der Waals surface area contributed by atoms with Crippen LogP contribution in [0.5, 0.6) is 5.75 Å². The van der Waals surface area contributed by atoms with Crippen LogP contribution in [0.25, 0.3) is 0 Å². The van der Waals surface area contributed by atoms with Crippen LogP contribution in [0.2, 0.25) is 0 Å². The first kappa shape index (κ1) is 16.1. The van der Waals surface area contributed by atoms with Crippen LogP contribution in [0, 0.1) is 0 Å². The molecule has 2 rings (SSSR count). The molecule has 0 aromatic heterocycles. The molecule has 0 spiro atoms. The number of carbonyl (C=O) groups is 1. The van der Waals surface area contributed by atoms with E-state index < -0.39 is 0 Å². The lowest BCUT2D eigenvalue weighted by Gasteiger charge is -2.08. The molecule has 0 heterocycles. The maximum absolute atomic E-state index is 11.7. The van der Waals surface area contributed by atoms with Crippen LogP contribution < -0.4 is 10.1 Å². The number of carbonyl (C=O) groups excluding carboxylic acids is 1. The van der Waals surface area contributed by atoms with Crippen molar-refractivity contribution in [3.63, 3.8) is 0 Å². The van der Waals surface area contributed by atoms with E-state index in [2.05, 4.69) is 36.5 Å². The summed E-state index contributed by atoms with van der Waals surface area (Å²) < 4.78 is 5.58. The largest absolute Gasteiger partial charge is 0.493 e. The van der Waals surface area contributed by atoms with Crippen molar-refractivity contribution in [3.05, 3.63) is 65.7 Å². The predicted octanol–water partition coefficient (Wildman–Crippen LogP) is 3.38. The Labute approximate surface area is 132 Å². The van der Waals surface area contributed by atoms with Crippen LogP contribution in [-0.2, 0) is 17.6 Å². The van der Waals surface area contributed by atoms with E-state index in [-0.39, 0.29) is 5.91 Å². The normalized spacial score (nSPS) is 10.2. The first-order valence-corrected chi connectivity index (χ1v) is 7.80. The molecule has 0 aliphatic carbocycles. The molecule has 0 aliphatic heterocycles. The number of hydrogen-bond donors (Lipinski definition) is 1.